The van der Waals surface area contributed by atoms with Crippen LogP contribution in [-0.4, -0.2) is 18.4 Å². The summed E-state index contributed by atoms with van der Waals surface area (Å²) in [4.78, 5) is 6.45. The number of H-pyrrole nitrogens is 1. The van der Waals surface area contributed by atoms with E-state index >= 15 is 0 Å². The Hall–Kier alpha value is -1.71. The zero-order chi connectivity index (χ0) is 16.8. The Kier molecular flexibility index (Phi) is 4.03. The van der Waals surface area contributed by atoms with Crippen LogP contribution in [0.15, 0.2) is 39.8 Å². The van der Waals surface area contributed by atoms with E-state index in [-0.39, 0.29) is 25.6 Å². The van der Waals surface area contributed by atoms with Crippen LogP contribution in [0.5, 0.6) is 0 Å². The van der Waals surface area contributed by atoms with E-state index in [2.05, 4.69) is 25.9 Å². The van der Waals surface area contributed by atoms with Gasteiger partial charge >= 0.3 is 0 Å². The molecule has 0 aliphatic rings. The number of aromatic nitrogens is 2. The zero-order valence-corrected chi connectivity index (χ0v) is 14.2. The normalized spacial score (nSPS) is 11.8. The highest BCUT2D eigenvalue weighted by Crippen LogP contribution is 2.28. The molecule has 5 nitrogen and oxygen atoms in total. The molecule has 3 rings (SSSR count). The fourth-order valence-electron chi connectivity index (χ4n) is 1.98. The maximum atomic E-state index is 13.8. The third kappa shape index (κ3) is 3.04. The lowest BCUT2D eigenvalue weighted by Crippen LogP contribution is -2.14. The number of benzene rings is 1. The topological polar surface area (TPSA) is 74.8 Å². The molecule has 23 heavy (non-hydrogen) atoms. The third-order valence-electron chi connectivity index (χ3n) is 3.01. The quantitative estimate of drug-likeness (QED) is 0.494. The van der Waals surface area contributed by atoms with Gasteiger partial charge in [0.25, 0.3) is 10.0 Å². The molecule has 0 aliphatic carbocycles. The predicted molar refractivity (Wildman–Crippen MR) is 86.0 cm³/mol. The summed E-state index contributed by atoms with van der Waals surface area (Å²) < 4.78 is 54.0. The van der Waals surface area contributed by atoms with Crippen molar-refractivity contribution in [2.75, 3.05) is 4.72 Å². The lowest BCUT2D eigenvalue weighted by molar-refractivity contribution is 0.592. The molecule has 0 fully saturated rings. The van der Waals surface area contributed by atoms with E-state index in [0.29, 0.717) is 0 Å². The summed E-state index contributed by atoms with van der Waals surface area (Å²) >= 11 is 8.55. The first-order valence-electron chi connectivity index (χ1n) is 6.09. The number of pyridine rings is 1. The van der Waals surface area contributed by atoms with E-state index in [1.165, 1.54) is 18.3 Å². The molecule has 0 amide bonds. The number of nitrogens with zero attached hydrogens (tertiary/aromatic N) is 1. The van der Waals surface area contributed by atoms with Crippen molar-refractivity contribution >= 4 is 54.3 Å². The lowest BCUT2D eigenvalue weighted by atomic mass is 10.3. The molecule has 0 bridgehead atoms. The molecule has 0 saturated carbocycles. The minimum atomic E-state index is -4.15. The number of sulfonamides is 1. The van der Waals surface area contributed by atoms with Crippen molar-refractivity contribution in [2.45, 2.75) is 4.90 Å². The minimum Gasteiger partial charge on any atom is -0.345 e. The van der Waals surface area contributed by atoms with Gasteiger partial charge in [-0.2, -0.15) is 0 Å². The van der Waals surface area contributed by atoms with E-state index < -0.39 is 27.3 Å². The molecule has 10 heteroatoms. The van der Waals surface area contributed by atoms with Gasteiger partial charge in [0.2, 0.25) is 0 Å². The van der Waals surface area contributed by atoms with Gasteiger partial charge in [-0.25, -0.2) is 22.2 Å². The lowest BCUT2D eigenvalue weighted by Gasteiger charge is -2.09. The van der Waals surface area contributed by atoms with Crippen molar-refractivity contribution in [3.63, 3.8) is 0 Å². The highest BCUT2D eigenvalue weighted by molar-refractivity contribution is 9.10. The molecule has 0 aliphatic heterocycles. The van der Waals surface area contributed by atoms with Gasteiger partial charge < -0.3 is 4.98 Å². The highest BCUT2D eigenvalue weighted by Gasteiger charge is 2.22. The number of fused-ring (bicyclic) bond motifs is 1. The monoisotopic (exact) mass is 421 g/mol. The summed E-state index contributed by atoms with van der Waals surface area (Å²) in [5.74, 6) is -1.71. The summed E-state index contributed by atoms with van der Waals surface area (Å²) in [5, 5.41) is 0.470. The zero-order valence-electron chi connectivity index (χ0n) is 11.1. The molecule has 0 atom stereocenters. The largest absolute Gasteiger partial charge is 0.345 e. The van der Waals surface area contributed by atoms with Gasteiger partial charge in [-0.3, -0.25) is 4.72 Å². The van der Waals surface area contributed by atoms with Crippen LogP contribution in [0.3, 0.4) is 0 Å². The van der Waals surface area contributed by atoms with Crippen molar-refractivity contribution < 1.29 is 17.2 Å². The maximum absolute atomic E-state index is 13.8. The Labute approximate surface area is 142 Å². The molecule has 0 spiro atoms. The van der Waals surface area contributed by atoms with E-state index in [4.69, 9.17) is 11.6 Å². The molecule has 0 unspecified atom stereocenters. The molecule has 0 radical (unpaired) electrons. The Morgan fingerprint density at radius 3 is 2.70 bits per heavy atom. The molecule has 0 saturated heterocycles. The second-order valence-corrected chi connectivity index (χ2v) is 7.43. The van der Waals surface area contributed by atoms with Crippen molar-refractivity contribution in [2.24, 2.45) is 0 Å². The molecular formula is C13H7BrClF2N3O2S. The molecule has 2 N–H and O–H groups in total. The molecule has 2 aromatic heterocycles. The van der Waals surface area contributed by atoms with Gasteiger partial charge in [-0.1, -0.05) is 11.6 Å². The number of hydrogen-bond acceptors (Lipinski definition) is 3. The predicted octanol–water partition coefficient (Wildman–Crippen LogP) is 4.06. The fraction of sp³-hybridized carbons (Fsp3) is 0. The van der Waals surface area contributed by atoms with E-state index in [9.17, 15) is 17.2 Å². The second kappa shape index (κ2) is 5.73. The average Bonchev–Trinajstić information content (AvgIpc) is 2.88. The summed E-state index contributed by atoms with van der Waals surface area (Å²) in [6.07, 6.45) is 1.20. The average molecular weight is 423 g/mol. The van der Waals surface area contributed by atoms with Gasteiger partial charge in [0.1, 0.15) is 27.3 Å². The van der Waals surface area contributed by atoms with Crippen LogP contribution in [0.4, 0.5) is 14.5 Å². The first-order chi connectivity index (χ1) is 10.8. The third-order valence-corrected chi connectivity index (χ3v) is 5.23. The van der Waals surface area contributed by atoms with Crippen LogP contribution >= 0.6 is 27.5 Å². The van der Waals surface area contributed by atoms with Gasteiger partial charge in [0.15, 0.2) is 0 Å². The van der Waals surface area contributed by atoms with Crippen molar-refractivity contribution in [1.29, 1.82) is 0 Å². The van der Waals surface area contributed by atoms with Crippen LogP contribution in [0, 0.1) is 11.6 Å². The van der Waals surface area contributed by atoms with Gasteiger partial charge in [-0.05, 0) is 34.1 Å². The van der Waals surface area contributed by atoms with Crippen LogP contribution in [-0.2, 0) is 10.0 Å². The molecule has 3 aromatic rings. The number of rotatable bonds is 3. The van der Waals surface area contributed by atoms with Gasteiger partial charge in [0, 0.05) is 17.6 Å². The SMILES string of the molecule is O=S(=O)(Nc1cc(F)c(Br)cc1F)c1c[nH]c2nc(Cl)ccc12. The summed E-state index contributed by atoms with van der Waals surface area (Å²) in [6, 6.07) is 4.48. The Morgan fingerprint density at radius 2 is 1.96 bits per heavy atom. The van der Waals surface area contributed by atoms with Crippen molar-refractivity contribution in [3.05, 3.63) is 51.7 Å². The summed E-state index contributed by atoms with van der Waals surface area (Å²) in [6.45, 7) is 0. The van der Waals surface area contributed by atoms with E-state index in [0.717, 1.165) is 12.1 Å². The summed E-state index contributed by atoms with van der Waals surface area (Å²) in [7, 11) is -4.15. The van der Waals surface area contributed by atoms with E-state index in [1.807, 2.05) is 4.72 Å². The highest BCUT2D eigenvalue weighted by atomic mass is 79.9. The molecule has 120 valence electrons. The fourth-order valence-corrected chi connectivity index (χ4v) is 3.67. The second-order valence-electron chi connectivity index (χ2n) is 4.53. The Morgan fingerprint density at radius 1 is 1.22 bits per heavy atom. The number of aromatic amines is 1. The number of halogens is 4. The van der Waals surface area contributed by atoms with Crippen LogP contribution in [0.25, 0.3) is 11.0 Å². The van der Waals surface area contributed by atoms with Crippen molar-refractivity contribution in [3.8, 4) is 0 Å². The molecular weight excluding hydrogens is 416 g/mol. The first kappa shape index (κ1) is 16.2. The van der Waals surface area contributed by atoms with E-state index in [1.54, 1.807) is 0 Å². The number of anilines is 1. The Bertz CT molecular complexity index is 1020. The van der Waals surface area contributed by atoms with Crippen LogP contribution in [0.1, 0.15) is 0 Å². The number of hydrogen-bond donors (Lipinski definition) is 2. The minimum absolute atomic E-state index is 0.108. The van der Waals surface area contributed by atoms with Gasteiger partial charge in [0.05, 0.1) is 10.2 Å². The smallest absolute Gasteiger partial charge is 0.264 e. The van der Waals surface area contributed by atoms with Crippen LogP contribution in [0.2, 0.25) is 5.15 Å². The Balaban J connectivity index is 2.06. The first-order valence-corrected chi connectivity index (χ1v) is 8.74. The molecule has 2 heterocycles. The maximum Gasteiger partial charge on any atom is 0.264 e. The summed E-state index contributed by atoms with van der Waals surface area (Å²) in [5.41, 5.74) is -0.234. The number of nitrogens with one attached hydrogen (secondary N) is 2. The van der Waals surface area contributed by atoms with Crippen molar-refractivity contribution in [1.82, 2.24) is 9.97 Å². The molecule has 1 aromatic carbocycles. The standard InChI is InChI=1S/C13H7BrClF2N3O2S/c14-7-3-9(17)10(4-8(7)16)20-23(21,22)11-5-18-13-6(11)1-2-12(15)19-13/h1-5,20H,(H,18,19). The van der Waals surface area contributed by atoms with Crippen LogP contribution < -0.4 is 4.72 Å². The van der Waals surface area contributed by atoms with Gasteiger partial charge in [-0.15, -0.1) is 0 Å².